The second kappa shape index (κ2) is 6.73. The molecule has 2 aromatic rings. The lowest BCUT2D eigenvalue weighted by Gasteiger charge is -2.27. The van der Waals surface area contributed by atoms with Gasteiger partial charge in [-0.3, -0.25) is 4.79 Å². The van der Waals surface area contributed by atoms with Crippen LogP contribution in [0.1, 0.15) is 42.6 Å². The summed E-state index contributed by atoms with van der Waals surface area (Å²) in [6, 6.07) is 5.69. The molecule has 27 heavy (non-hydrogen) atoms. The highest BCUT2D eigenvalue weighted by Gasteiger charge is 2.37. The first-order chi connectivity index (χ1) is 12.8. The van der Waals surface area contributed by atoms with Gasteiger partial charge in [-0.05, 0) is 64.5 Å². The molecule has 142 valence electrons. The number of esters is 1. The van der Waals surface area contributed by atoms with E-state index in [4.69, 9.17) is 4.74 Å². The summed E-state index contributed by atoms with van der Waals surface area (Å²) in [5.74, 6) is -0.174. The van der Waals surface area contributed by atoms with Crippen LogP contribution >= 0.6 is 11.3 Å². The van der Waals surface area contributed by atoms with Gasteiger partial charge >= 0.3 is 5.97 Å². The molecule has 3 heterocycles. The molecule has 6 nitrogen and oxygen atoms in total. The van der Waals surface area contributed by atoms with E-state index >= 15 is 0 Å². The number of piperidine rings is 1. The number of anilines is 1. The van der Waals surface area contributed by atoms with Crippen molar-refractivity contribution in [1.82, 2.24) is 9.88 Å². The van der Waals surface area contributed by atoms with E-state index in [9.17, 15) is 9.59 Å². The van der Waals surface area contributed by atoms with Gasteiger partial charge < -0.3 is 15.0 Å². The molecule has 4 rings (SSSR count). The number of rotatable bonds is 3. The molecule has 0 bridgehead atoms. The summed E-state index contributed by atoms with van der Waals surface area (Å²) in [7, 11) is 2.08. The standard InChI is InChI=1S/C20H23N3O3S/c1-20(2)15-10-13(4-5-14(15)18(25)26-20)16-11-21-19(27-16)22-17(24)12-6-8-23(3)9-7-12/h4-5,10-12H,6-9H2,1-3H3,(H,21,22,24). The van der Waals surface area contributed by atoms with Gasteiger partial charge in [0.1, 0.15) is 5.60 Å². The minimum Gasteiger partial charge on any atom is -0.451 e. The number of likely N-dealkylation sites (tertiary alicyclic amines) is 1. The number of nitrogens with zero attached hydrogens (tertiary/aromatic N) is 2. The van der Waals surface area contributed by atoms with E-state index in [1.807, 2.05) is 26.0 Å². The Kier molecular flexibility index (Phi) is 4.52. The van der Waals surface area contributed by atoms with Crippen molar-refractivity contribution in [2.45, 2.75) is 32.3 Å². The number of thiazole rings is 1. The van der Waals surface area contributed by atoms with Crippen molar-refractivity contribution in [2.75, 3.05) is 25.5 Å². The monoisotopic (exact) mass is 385 g/mol. The predicted molar refractivity (Wildman–Crippen MR) is 105 cm³/mol. The molecule has 1 saturated heterocycles. The maximum absolute atomic E-state index is 12.5. The quantitative estimate of drug-likeness (QED) is 0.819. The van der Waals surface area contributed by atoms with Crippen LogP contribution in [-0.4, -0.2) is 41.9 Å². The number of carbonyl (C=O) groups excluding carboxylic acids is 2. The molecule has 1 fully saturated rings. The Morgan fingerprint density at radius 2 is 2.07 bits per heavy atom. The van der Waals surface area contributed by atoms with Gasteiger partial charge in [0.2, 0.25) is 5.91 Å². The number of ether oxygens (including phenoxy) is 1. The molecule has 1 aromatic heterocycles. The Morgan fingerprint density at radius 3 is 2.81 bits per heavy atom. The number of aromatic nitrogens is 1. The maximum atomic E-state index is 12.5. The van der Waals surface area contributed by atoms with E-state index in [1.54, 1.807) is 12.3 Å². The first kappa shape index (κ1) is 18.1. The predicted octanol–water partition coefficient (Wildman–Crippen LogP) is 3.50. The summed E-state index contributed by atoms with van der Waals surface area (Å²) in [4.78, 5) is 32.0. The minimum atomic E-state index is -0.627. The third kappa shape index (κ3) is 3.49. The molecular weight excluding hydrogens is 362 g/mol. The van der Waals surface area contributed by atoms with Crippen LogP contribution in [0.4, 0.5) is 5.13 Å². The Bertz CT molecular complexity index is 898. The number of amides is 1. The van der Waals surface area contributed by atoms with Crippen LogP contribution < -0.4 is 5.32 Å². The Morgan fingerprint density at radius 1 is 1.33 bits per heavy atom. The zero-order chi connectivity index (χ0) is 19.2. The van der Waals surface area contributed by atoms with Gasteiger partial charge in [0, 0.05) is 17.7 Å². The molecule has 0 spiro atoms. The highest BCUT2D eigenvalue weighted by molar-refractivity contribution is 7.19. The largest absolute Gasteiger partial charge is 0.451 e. The van der Waals surface area contributed by atoms with E-state index < -0.39 is 5.60 Å². The molecule has 0 unspecified atom stereocenters. The Balaban J connectivity index is 1.50. The summed E-state index contributed by atoms with van der Waals surface area (Å²) in [5, 5.41) is 3.58. The van der Waals surface area contributed by atoms with Crippen LogP contribution in [0.3, 0.4) is 0 Å². The fourth-order valence-corrected chi connectivity index (χ4v) is 4.47. The molecule has 0 saturated carbocycles. The lowest BCUT2D eigenvalue weighted by molar-refractivity contribution is -0.121. The third-order valence-electron chi connectivity index (χ3n) is 5.35. The lowest BCUT2D eigenvalue weighted by atomic mass is 9.94. The molecule has 0 atom stereocenters. The van der Waals surface area contributed by atoms with Gasteiger partial charge in [-0.2, -0.15) is 0 Å². The summed E-state index contributed by atoms with van der Waals surface area (Å²) < 4.78 is 5.43. The number of nitrogens with one attached hydrogen (secondary N) is 1. The topological polar surface area (TPSA) is 71.5 Å². The van der Waals surface area contributed by atoms with E-state index in [2.05, 4.69) is 22.2 Å². The van der Waals surface area contributed by atoms with Crippen LogP contribution in [0.15, 0.2) is 24.4 Å². The number of hydrogen-bond acceptors (Lipinski definition) is 6. The zero-order valence-corrected chi connectivity index (χ0v) is 16.6. The average Bonchev–Trinajstić information content (AvgIpc) is 3.18. The molecule has 1 aromatic carbocycles. The molecule has 7 heteroatoms. The third-order valence-corrected chi connectivity index (χ3v) is 6.31. The van der Waals surface area contributed by atoms with Crippen molar-refractivity contribution in [3.05, 3.63) is 35.5 Å². The first-order valence-electron chi connectivity index (χ1n) is 9.17. The van der Waals surface area contributed by atoms with Crippen LogP contribution in [0.2, 0.25) is 0 Å². The van der Waals surface area contributed by atoms with Crippen molar-refractivity contribution in [2.24, 2.45) is 5.92 Å². The molecular formula is C20H23N3O3S. The second-order valence-corrected chi connectivity index (χ2v) is 8.79. The average molecular weight is 385 g/mol. The highest BCUT2D eigenvalue weighted by Crippen LogP contribution is 2.39. The van der Waals surface area contributed by atoms with Gasteiger partial charge in [-0.25, -0.2) is 9.78 Å². The van der Waals surface area contributed by atoms with Gasteiger partial charge in [-0.1, -0.05) is 17.4 Å². The Hall–Kier alpha value is -2.25. The number of fused-ring (bicyclic) bond motifs is 1. The second-order valence-electron chi connectivity index (χ2n) is 7.76. The highest BCUT2D eigenvalue weighted by atomic mass is 32.1. The SMILES string of the molecule is CN1CCC(C(=O)Nc2ncc(-c3ccc4c(c3)C(C)(C)OC4=O)s2)CC1. The van der Waals surface area contributed by atoms with Crippen molar-refractivity contribution in [3.8, 4) is 10.4 Å². The fourth-order valence-electron chi connectivity index (χ4n) is 3.66. The van der Waals surface area contributed by atoms with Crippen LogP contribution in [0, 0.1) is 5.92 Å². The number of cyclic esters (lactones) is 1. The number of benzene rings is 1. The smallest absolute Gasteiger partial charge is 0.339 e. The van der Waals surface area contributed by atoms with Crippen LogP contribution in [0.5, 0.6) is 0 Å². The van der Waals surface area contributed by atoms with E-state index in [0.717, 1.165) is 41.9 Å². The molecule has 1 amide bonds. The molecule has 0 aliphatic carbocycles. The number of hydrogen-bond donors (Lipinski definition) is 1. The van der Waals surface area contributed by atoms with Crippen molar-refractivity contribution in [1.29, 1.82) is 0 Å². The first-order valence-corrected chi connectivity index (χ1v) is 9.98. The van der Waals surface area contributed by atoms with E-state index in [1.165, 1.54) is 11.3 Å². The molecule has 0 radical (unpaired) electrons. The fraction of sp³-hybridized carbons (Fsp3) is 0.450. The van der Waals surface area contributed by atoms with Gasteiger partial charge in [0.25, 0.3) is 0 Å². The van der Waals surface area contributed by atoms with Gasteiger partial charge in [-0.15, -0.1) is 0 Å². The minimum absolute atomic E-state index is 0.0532. The van der Waals surface area contributed by atoms with Crippen molar-refractivity contribution in [3.63, 3.8) is 0 Å². The number of carbonyl (C=O) groups is 2. The summed E-state index contributed by atoms with van der Waals surface area (Å²) in [6.07, 6.45) is 3.53. The summed E-state index contributed by atoms with van der Waals surface area (Å²) >= 11 is 1.45. The van der Waals surface area contributed by atoms with Crippen LogP contribution in [0.25, 0.3) is 10.4 Å². The molecule has 2 aliphatic rings. The van der Waals surface area contributed by atoms with Crippen molar-refractivity contribution >= 4 is 28.3 Å². The summed E-state index contributed by atoms with van der Waals surface area (Å²) in [5.41, 5.74) is 1.84. The van der Waals surface area contributed by atoms with E-state index in [-0.39, 0.29) is 17.8 Å². The Labute approximate surface area is 162 Å². The maximum Gasteiger partial charge on any atom is 0.339 e. The normalized spacial score (nSPS) is 19.6. The van der Waals surface area contributed by atoms with Crippen molar-refractivity contribution < 1.29 is 14.3 Å². The molecule has 1 N–H and O–H groups in total. The zero-order valence-electron chi connectivity index (χ0n) is 15.7. The lowest BCUT2D eigenvalue weighted by Crippen LogP contribution is -2.35. The van der Waals surface area contributed by atoms with Gasteiger partial charge in [0.15, 0.2) is 5.13 Å². The molecule has 2 aliphatic heterocycles. The van der Waals surface area contributed by atoms with E-state index in [0.29, 0.717) is 10.7 Å². The summed E-state index contributed by atoms with van der Waals surface area (Å²) in [6.45, 7) is 5.68. The van der Waals surface area contributed by atoms with Crippen LogP contribution in [-0.2, 0) is 15.1 Å². The van der Waals surface area contributed by atoms with Gasteiger partial charge in [0.05, 0.1) is 10.4 Å².